The van der Waals surface area contributed by atoms with Gasteiger partial charge in [-0.2, -0.15) is 0 Å². The van der Waals surface area contributed by atoms with E-state index in [4.69, 9.17) is 10.5 Å². The van der Waals surface area contributed by atoms with Crippen LogP contribution in [0.2, 0.25) is 0 Å². The number of likely N-dealkylation sites (tertiary alicyclic amines) is 1. The molecule has 2 rings (SSSR count). The number of nitrogens with zero attached hydrogens (tertiary/aromatic N) is 1. The molecule has 1 aromatic rings. The Kier molecular flexibility index (Phi) is 4.74. The highest BCUT2D eigenvalue weighted by atomic mass is 19.1. The van der Waals surface area contributed by atoms with E-state index >= 15 is 0 Å². The number of rotatable bonds is 1. The van der Waals surface area contributed by atoms with Crippen LogP contribution in [0.4, 0.5) is 14.9 Å². The van der Waals surface area contributed by atoms with Gasteiger partial charge in [0.25, 0.3) is 0 Å². The maximum atomic E-state index is 13.8. The van der Waals surface area contributed by atoms with Crippen LogP contribution < -0.4 is 5.73 Å². The SMILES string of the molecule is CC(C)(C)OC(=O)N1CCC(=Cc2ccc(N)cc2F)CC1. The van der Waals surface area contributed by atoms with E-state index in [1.54, 1.807) is 17.0 Å². The Labute approximate surface area is 130 Å². The molecule has 0 atom stereocenters. The molecule has 0 aromatic heterocycles. The number of nitrogens with two attached hydrogens (primary N) is 1. The molecule has 5 heteroatoms. The molecule has 1 heterocycles. The number of hydrogen-bond acceptors (Lipinski definition) is 3. The van der Waals surface area contributed by atoms with Crippen molar-refractivity contribution < 1.29 is 13.9 Å². The molecule has 0 unspecified atom stereocenters. The molecular formula is C17H23FN2O2. The number of amides is 1. The zero-order valence-corrected chi connectivity index (χ0v) is 13.4. The van der Waals surface area contributed by atoms with Crippen molar-refractivity contribution in [1.82, 2.24) is 4.90 Å². The highest BCUT2D eigenvalue weighted by Crippen LogP contribution is 2.23. The van der Waals surface area contributed by atoms with Gasteiger partial charge < -0.3 is 15.4 Å². The molecule has 0 radical (unpaired) electrons. The summed E-state index contributed by atoms with van der Waals surface area (Å²) in [6, 6.07) is 4.69. The van der Waals surface area contributed by atoms with Gasteiger partial charge >= 0.3 is 6.09 Å². The minimum absolute atomic E-state index is 0.287. The normalized spacial score (nSPS) is 15.6. The number of hydrogen-bond donors (Lipinski definition) is 1. The number of nitrogen functional groups attached to an aromatic ring is 1. The van der Waals surface area contributed by atoms with Gasteiger partial charge in [-0.3, -0.25) is 0 Å². The Balaban J connectivity index is 1.97. The molecule has 22 heavy (non-hydrogen) atoms. The lowest BCUT2D eigenvalue weighted by molar-refractivity contribution is 0.0237. The Morgan fingerprint density at radius 1 is 1.32 bits per heavy atom. The summed E-state index contributed by atoms with van der Waals surface area (Å²) in [5.41, 5.74) is 7.14. The number of anilines is 1. The molecule has 1 aromatic carbocycles. The van der Waals surface area contributed by atoms with Crippen LogP contribution in [-0.4, -0.2) is 29.7 Å². The number of carbonyl (C=O) groups excluding carboxylic acids is 1. The average Bonchev–Trinajstić information content (AvgIpc) is 2.41. The third kappa shape index (κ3) is 4.48. The van der Waals surface area contributed by atoms with Gasteiger partial charge in [0.05, 0.1) is 0 Å². The first-order valence-electron chi connectivity index (χ1n) is 7.47. The second kappa shape index (κ2) is 6.38. The van der Waals surface area contributed by atoms with Gasteiger partial charge in [-0.15, -0.1) is 0 Å². The van der Waals surface area contributed by atoms with Crippen LogP contribution in [0.15, 0.2) is 23.8 Å². The van der Waals surface area contributed by atoms with E-state index < -0.39 is 5.60 Å². The van der Waals surface area contributed by atoms with Crippen molar-refractivity contribution in [2.75, 3.05) is 18.8 Å². The van der Waals surface area contributed by atoms with Gasteiger partial charge in [-0.25, -0.2) is 9.18 Å². The first-order valence-corrected chi connectivity index (χ1v) is 7.47. The zero-order valence-electron chi connectivity index (χ0n) is 13.4. The maximum absolute atomic E-state index is 13.8. The quantitative estimate of drug-likeness (QED) is 0.802. The predicted octanol–water partition coefficient (Wildman–Crippen LogP) is 3.82. The molecule has 1 aliphatic heterocycles. The minimum atomic E-state index is -0.486. The molecule has 1 fully saturated rings. The van der Waals surface area contributed by atoms with Gasteiger partial charge in [-0.05, 0) is 45.7 Å². The first kappa shape index (κ1) is 16.3. The first-order chi connectivity index (χ1) is 10.2. The number of carbonyl (C=O) groups is 1. The fourth-order valence-electron chi connectivity index (χ4n) is 2.33. The van der Waals surface area contributed by atoms with Gasteiger partial charge in [0.15, 0.2) is 0 Å². The Morgan fingerprint density at radius 2 is 1.95 bits per heavy atom. The summed E-state index contributed by atoms with van der Waals surface area (Å²) < 4.78 is 19.1. The average molecular weight is 306 g/mol. The Hall–Kier alpha value is -2.04. The maximum Gasteiger partial charge on any atom is 0.410 e. The highest BCUT2D eigenvalue weighted by Gasteiger charge is 2.24. The summed E-state index contributed by atoms with van der Waals surface area (Å²) in [5, 5.41) is 0. The lowest BCUT2D eigenvalue weighted by Gasteiger charge is -2.31. The van der Waals surface area contributed by atoms with Gasteiger partial charge in [-0.1, -0.05) is 17.7 Å². The van der Waals surface area contributed by atoms with Crippen LogP contribution in [-0.2, 0) is 4.74 Å². The van der Waals surface area contributed by atoms with Gasteiger partial charge in [0.2, 0.25) is 0 Å². The van der Waals surface area contributed by atoms with Crippen LogP contribution in [0.3, 0.4) is 0 Å². The Morgan fingerprint density at radius 3 is 2.50 bits per heavy atom. The third-order valence-electron chi connectivity index (χ3n) is 3.44. The van der Waals surface area contributed by atoms with Gasteiger partial charge in [0, 0.05) is 24.3 Å². The van der Waals surface area contributed by atoms with E-state index in [9.17, 15) is 9.18 Å². The van der Waals surface area contributed by atoms with E-state index in [-0.39, 0.29) is 11.9 Å². The Bertz CT molecular complexity index is 581. The van der Waals surface area contributed by atoms with Crippen LogP contribution in [0, 0.1) is 5.82 Å². The van der Waals surface area contributed by atoms with Gasteiger partial charge in [0.1, 0.15) is 11.4 Å². The van der Waals surface area contributed by atoms with Crippen molar-refractivity contribution in [2.45, 2.75) is 39.2 Å². The molecule has 4 nitrogen and oxygen atoms in total. The lowest BCUT2D eigenvalue weighted by atomic mass is 10.0. The minimum Gasteiger partial charge on any atom is -0.444 e. The van der Waals surface area contributed by atoms with Crippen molar-refractivity contribution in [3.8, 4) is 0 Å². The molecule has 1 aliphatic rings. The second-order valence-corrected chi connectivity index (χ2v) is 6.55. The third-order valence-corrected chi connectivity index (χ3v) is 3.44. The predicted molar refractivity (Wildman–Crippen MR) is 85.8 cm³/mol. The van der Waals surface area contributed by atoms with Crippen molar-refractivity contribution >= 4 is 17.9 Å². The summed E-state index contributed by atoms with van der Waals surface area (Å²) in [5.74, 6) is -0.318. The van der Waals surface area contributed by atoms with Crippen molar-refractivity contribution in [1.29, 1.82) is 0 Å². The summed E-state index contributed by atoms with van der Waals surface area (Å²) in [6.07, 6.45) is 3.01. The van der Waals surface area contributed by atoms with Crippen molar-refractivity contribution in [2.24, 2.45) is 0 Å². The smallest absolute Gasteiger partial charge is 0.410 e. The molecule has 1 saturated heterocycles. The second-order valence-electron chi connectivity index (χ2n) is 6.55. The number of piperidine rings is 1. The van der Waals surface area contributed by atoms with Crippen LogP contribution in [0.25, 0.3) is 6.08 Å². The van der Waals surface area contributed by atoms with E-state index in [1.807, 2.05) is 26.8 Å². The number of halogens is 1. The molecular weight excluding hydrogens is 283 g/mol. The summed E-state index contributed by atoms with van der Waals surface area (Å²) in [7, 11) is 0. The summed E-state index contributed by atoms with van der Waals surface area (Å²) >= 11 is 0. The molecule has 2 N–H and O–H groups in total. The topological polar surface area (TPSA) is 55.6 Å². The standard InChI is InChI=1S/C17H23FN2O2/c1-17(2,3)22-16(21)20-8-6-12(7-9-20)10-13-4-5-14(19)11-15(13)18/h4-5,10-11H,6-9,19H2,1-3H3. The molecule has 1 amide bonds. The van der Waals surface area contributed by atoms with E-state index in [0.29, 0.717) is 24.3 Å². The number of ether oxygens (including phenoxy) is 1. The summed E-state index contributed by atoms with van der Waals surface area (Å²) in [4.78, 5) is 13.7. The molecule has 0 bridgehead atoms. The molecule has 0 aliphatic carbocycles. The molecule has 0 spiro atoms. The molecule has 0 saturated carbocycles. The summed E-state index contributed by atoms with van der Waals surface area (Å²) in [6.45, 7) is 6.74. The zero-order chi connectivity index (χ0) is 16.3. The van der Waals surface area contributed by atoms with Crippen molar-refractivity contribution in [3.05, 3.63) is 35.2 Å². The van der Waals surface area contributed by atoms with Crippen LogP contribution in [0.5, 0.6) is 0 Å². The van der Waals surface area contributed by atoms with E-state index in [0.717, 1.165) is 18.4 Å². The fourth-order valence-corrected chi connectivity index (χ4v) is 2.33. The monoisotopic (exact) mass is 306 g/mol. The van der Waals surface area contributed by atoms with Crippen molar-refractivity contribution in [3.63, 3.8) is 0 Å². The molecule has 120 valence electrons. The van der Waals surface area contributed by atoms with Crippen LogP contribution >= 0.6 is 0 Å². The lowest BCUT2D eigenvalue weighted by Crippen LogP contribution is -2.40. The van der Waals surface area contributed by atoms with Crippen LogP contribution in [0.1, 0.15) is 39.2 Å². The van der Waals surface area contributed by atoms with E-state index in [2.05, 4.69) is 0 Å². The number of benzene rings is 1. The van der Waals surface area contributed by atoms with E-state index in [1.165, 1.54) is 6.07 Å². The largest absolute Gasteiger partial charge is 0.444 e. The highest BCUT2D eigenvalue weighted by molar-refractivity contribution is 5.68. The fraction of sp³-hybridized carbons (Fsp3) is 0.471.